The van der Waals surface area contributed by atoms with Gasteiger partial charge in [-0.1, -0.05) is 17.4 Å². The summed E-state index contributed by atoms with van der Waals surface area (Å²) in [5.74, 6) is 0. The van der Waals surface area contributed by atoms with Crippen LogP contribution in [0.2, 0.25) is 0 Å². The molecule has 0 spiro atoms. The first kappa shape index (κ1) is 8.46. The van der Waals surface area contributed by atoms with E-state index < -0.39 is 0 Å². The van der Waals surface area contributed by atoms with Gasteiger partial charge in [0.2, 0.25) is 5.13 Å². The Bertz CT molecular complexity index is 386. The fraction of sp³-hybridized carbons (Fsp3) is 0. The normalized spacial score (nSPS) is 10.2. The number of anilines is 1. The van der Waals surface area contributed by atoms with Crippen LogP contribution in [0.25, 0.3) is 0 Å². The van der Waals surface area contributed by atoms with Crippen LogP contribution in [0.4, 0.5) is 5.13 Å². The molecule has 2 rings (SSSR count). The van der Waals surface area contributed by atoms with Crippen LogP contribution in [0.15, 0.2) is 33.8 Å². The first-order valence-electron chi connectivity index (χ1n) is 3.52. The van der Waals surface area contributed by atoms with E-state index >= 15 is 0 Å². The van der Waals surface area contributed by atoms with Crippen molar-refractivity contribution in [3.05, 3.63) is 24.4 Å². The fourth-order valence-corrected chi connectivity index (χ4v) is 2.30. The monoisotopic (exact) mass is 210 g/mol. The maximum Gasteiger partial charge on any atom is 0.203 e. The molecule has 0 radical (unpaired) electrons. The van der Waals surface area contributed by atoms with Gasteiger partial charge in [0.05, 0.1) is 0 Å². The second kappa shape index (κ2) is 3.71. The lowest BCUT2D eigenvalue weighted by Crippen LogP contribution is -1.80. The van der Waals surface area contributed by atoms with Gasteiger partial charge in [-0.15, -0.1) is 10.2 Å². The molecule has 13 heavy (non-hydrogen) atoms. The average molecular weight is 210 g/mol. The van der Waals surface area contributed by atoms with Crippen LogP contribution >= 0.6 is 23.1 Å². The number of hydrogen-bond donors (Lipinski definition) is 1. The van der Waals surface area contributed by atoms with Crippen LogP contribution in [0.3, 0.4) is 0 Å². The Kier molecular flexibility index (Phi) is 2.42. The van der Waals surface area contributed by atoms with Crippen LogP contribution in [0, 0.1) is 0 Å². The highest BCUT2D eigenvalue weighted by molar-refractivity contribution is 8.01. The molecule has 0 aromatic carbocycles. The Labute approximate surface area is 83.2 Å². The number of rotatable bonds is 2. The van der Waals surface area contributed by atoms with Gasteiger partial charge in [0.15, 0.2) is 4.34 Å². The van der Waals surface area contributed by atoms with E-state index in [2.05, 4.69) is 15.2 Å². The zero-order valence-corrected chi connectivity index (χ0v) is 8.18. The van der Waals surface area contributed by atoms with Crippen molar-refractivity contribution in [3.8, 4) is 0 Å². The molecular formula is C7H6N4S2. The summed E-state index contributed by atoms with van der Waals surface area (Å²) in [4.78, 5) is 4.14. The van der Waals surface area contributed by atoms with Crippen LogP contribution in [-0.4, -0.2) is 15.2 Å². The van der Waals surface area contributed by atoms with Crippen molar-refractivity contribution >= 4 is 28.2 Å². The molecular weight excluding hydrogens is 204 g/mol. The molecule has 0 aliphatic heterocycles. The number of nitrogens with two attached hydrogens (primary N) is 1. The topological polar surface area (TPSA) is 64.7 Å². The largest absolute Gasteiger partial charge is 0.374 e. The highest BCUT2D eigenvalue weighted by Crippen LogP contribution is 2.28. The number of nitrogens with zero attached hydrogens (tertiary/aromatic N) is 3. The van der Waals surface area contributed by atoms with Crippen molar-refractivity contribution in [2.45, 2.75) is 9.37 Å². The van der Waals surface area contributed by atoms with Crippen LogP contribution in [0.5, 0.6) is 0 Å². The Morgan fingerprint density at radius 1 is 1.31 bits per heavy atom. The van der Waals surface area contributed by atoms with E-state index in [1.54, 1.807) is 6.20 Å². The Morgan fingerprint density at radius 3 is 2.85 bits per heavy atom. The molecule has 66 valence electrons. The van der Waals surface area contributed by atoms with Crippen LogP contribution in [-0.2, 0) is 0 Å². The smallest absolute Gasteiger partial charge is 0.203 e. The summed E-state index contributed by atoms with van der Waals surface area (Å²) in [6.07, 6.45) is 1.74. The third kappa shape index (κ3) is 2.16. The first-order valence-corrected chi connectivity index (χ1v) is 5.16. The summed E-state index contributed by atoms with van der Waals surface area (Å²) < 4.78 is 0.816. The number of nitrogen functional groups attached to an aromatic ring is 1. The van der Waals surface area contributed by atoms with Crippen molar-refractivity contribution < 1.29 is 0 Å². The standard InChI is InChI=1S/C7H6N4S2/c8-6-10-11-7(13-6)12-5-3-1-2-4-9-5/h1-4H,(H2,8,10). The molecule has 2 aromatic rings. The van der Waals surface area contributed by atoms with E-state index in [4.69, 9.17) is 5.73 Å². The van der Waals surface area contributed by atoms with Gasteiger partial charge < -0.3 is 5.73 Å². The predicted octanol–water partition coefficient (Wildman–Crippen LogP) is 1.67. The minimum Gasteiger partial charge on any atom is -0.374 e. The average Bonchev–Trinajstić information content (AvgIpc) is 2.53. The molecule has 0 aliphatic carbocycles. The number of pyridine rings is 1. The number of aromatic nitrogens is 3. The first-order chi connectivity index (χ1) is 6.34. The Morgan fingerprint density at radius 2 is 2.23 bits per heavy atom. The molecule has 0 bridgehead atoms. The fourth-order valence-electron chi connectivity index (χ4n) is 0.759. The van der Waals surface area contributed by atoms with Crippen molar-refractivity contribution in [1.82, 2.24) is 15.2 Å². The lowest BCUT2D eigenvalue weighted by Gasteiger charge is -1.92. The van der Waals surface area contributed by atoms with Crippen LogP contribution < -0.4 is 5.73 Å². The van der Waals surface area contributed by atoms with Gasteiger partial charge in [0.25, 0.3) is 0 Å². The summed E-state index contributed by atoms with van der Waals surface area (Å²) in [5.41, 5.74) is 5.44. The van der Waals surface area contributed by atoms with Crippen LogP contribution in [0.1, 0.15) is 0 Å². The predicted molar refractivity (Wildman–Crippen MR) is 52.7 cm³/mol. The van der Waals surface area contributed by atoms with Gasteiger partial charge in [-0.25, -0.2) is 4.98 Å². The highest BCUT2D eigenvalue weighted by Gasteiger charge is 2.03. The highest BCUT2D eigenvalue weighted by atomic mass is 32.2. The lowest BCUT2D eigenvalue weighted by molar-refractivity contribution is 1.01. The summed E-state index contributed by atoms with van der Waals surface area (Å²) in [5, 5.41) is 8.97. The van der Waals surface area contributed by atoms with Crippen molar-refractivity contribution in [2.75, 3.05) is 5.73 Å². The van der Waals surface area contributed by atoms with Crippen molar-refractivity contribution in [1.29, 1.82) is 0 Å². The molecule has 2 aromatic heterocycles. The quantitative estimate of drug-likeness (QED) is 0.816. The third-order valence-electron chi connectivity index (χ3n) is 1.25. The molecule has 0 fully saturated rings. The molecule has 0 unspecified atom stereocenters. The van der Waals surface area contributed by atoms with Gasteiger partial charge in [0, 0.05) is 6.20 Å². The SMILES string of the molecule is Nc1nnc(Sc2ccccn2)s1. The summed E-state index contributed by atoms with van der Waals surface area (Å²) in [6, 6.07) is 5.72. The van der Waals surface area contributed by atoms with Gasteiger partial charge in [0.1, 0.15) is 5.03 Å². The zero-order valence-electron chi connectivity index (χ0n) is 6.54. The minimum atomic E-state index is 0.485. The molecule has 0 aliphatic rings. The Balaban J connectivity index is 2.15. The van der Waals surface area contributed by atoms with E-state index in [-0.39, 0.29) is 0 Å². The lowest BCUT2D eigenvalue weighted by atomic mass is 10.5. The second-order valence-corrected chi connectivity index (χ2v) is 4.45. The molecule has 2 heterocycles. The second-order valence-electron chi connectivity index (χ2n) is 2.18. The van der Waals surface area contributed by atoms with E-state index in [1.165, 1.54) is 23.1 Å². The summed E-state index contributed by atoms with van der Waals surface area (Å²) in [7, 11) is 0. The summed E-state index contributed by atoms with van der Waals surface area (Å²) in [6.45, 7) is 0. The van der Waals surface area contributed by atoms with Crippen molar-refractivity contribution in [3.63, 3.8) is 0 Å². The van der Waals surface area contributed by atoms with Gasteiger partial charge in [-0.05, 0) is 23.9 Å². The molecule has 6 heteroatoms. The summed E-state index contributed by atoms with van der Waals surface area (Å²) >= 11 is 2.82. The van der Waals surface area contributed by atoms with E-state index in [9.17, 15) is 0 Å². The maximum atomic E-state index is 5.44. The van der Waals surface area contributed by atoms with E-state index in [0.29, 0.717) is 5.13 Å². The van der Waals surface area contributed by atoms with Gasteiger partial charge in [-0.3, -0.25) is 0 Å². The minimum absolute atomic E-state index is 0.485. The van der Waals surface area contributed by atoms with Crippen molar-refractivity contribution in [2.24, 2.45) is 0 Å². The van der Waals surface area contributed by atoms with Gasteiger partial charge in [-0.2, -0.15) is 0 Å². The molecule has 0 saturated carbocycles. The zero-order chi connectivity index (χ0) is 9.10. The molecule has 0 saturated heterocycles. The maximum absolute atomic E-state index is 5.44. The van der Waals surface area contributed by atoms with E-state index in [1.807, 2.05) is 18.2 Å². The molecule has 0 amide bonds. The van der Waals surface area contributed by atoms with Gasteiger partial charge >= 0.3 is 0 Å². The molecule has 2 N–H and O–H groups in total. The molecule has 4 nitrogen and oxygen atoms in total. The molecule has 0 atom stereocenters. The third-order valence-corrected chi connectivity index (χ3v) is 3.01. The number of hydrogen-bond acceptors (Lipinski definition) is 6. The Hall–Kier alpha value is -1.14. The van der Waals surface area contributed by atoms with E-state index in [0.717, 1.165) is 9.37 Å².